The molecule has 1 aliphatic rings. The fraction of sp³-hybridized carbons (Fsp3) is 0.636. The molecule has 1 fully saturated rings. The van der Waals surface area contributed by atoms with Crippen molar-refractivity contribution in [1.29, 1.82) is 0 Å². The van der Waals surface area contributed by atoms with Gasteiger partial charge in [0.25, 0.3) is 0 Å². The van der Waals surface area contributed by atoms with Crippen LogP contribution in [0.2, 0.25) is 0 Å². The molecule has 0 saturated heterocycles. The molecular weight excluding hydrogens is 407 g/mol. The number of benzene rings is 1. The zero-order valence-electron chi connectivity index (χ0n) is 17.2. The number of hydrogen-bond acceptors (Lipinski definition) is 2. The molecule has 0 heterocycles. The predicted octanol–water partition coefficient (Wildman–Crippen LogP) is 7.44. The third kappa shape index (κ3) is 16.2. The average Bonchev–Trinajstić information content (AvgIpc) is 2.63. The van der Waals surface area contributed by atoms with E-state index in [1.165, 1.54) is 69.1 Å². The molecule has 0 unspecified atom stereocenters. The lowest BCUT2D eigenvalue weighted by Crippen LogP contribution is -2.21. The lowest BCUT2D eigenvalue weighted by Gasteiger charge is -2.25. The van der Waals surface area contributed by atoms with Gasteiger partial charge in [0.2, 0.25) is 0 Å². The molecule has 1 aliphatic carbocycles. The quantitative estimate of drug-likeness (QED) is 0.169. The predicted molar refractivity (Wildman–Crippen MR) is 118 cm³/mol. The summed E-state index contributed by atoms with van der Waals surface area (Å²) in [5, 5.41) is 3.29. The highest BCUT2D eigenvalue weighted by molar-refractivity contribution is 8.03. The van der Waals surface area contributed by atoms with Crippen molar-refractivity contribution in [3.63, 3.8) is 0 Å². The number of thioether (sulfide) groups is 1. The molecule has 0 amide bonds. The van der Waals surface area contributed by atoms with Crippen molar-refractivity contribution in [2.45, 2.75) is 82.1 Å². The van der Waals surface area contributed by atoms with Crippen LogP contribution in [-0.4, -0.2) is 12.7 Å². The SMILES string of the molecule is CCCCCCCCOC1CCC(C#CSc2ccccc2)CC1.F.F.F.F.F. The Balaban J connectivity index is -0.000000625. The van der Waals surface area contributed by atoms with Gasteiger partial charge in [-0.2, -0.15) is 0 Å². The standard InChI is InChI=1S/C22H32OS.5FH/c1-2-3-4-5-6-10-18-23-21-15-13-20(14-16-21)17-19-24-22-11-8-7-9-12-22;;;;;/h7-9,11-12,20-21H,2-6,10,13-16,18H2,1H3;5*1H. The monoisotopic (exact) mass is 444 g/mol. The van der Waals surface area contributed by atoms with Gasteiger partial charge in [-0.25, -0.2) is 0 Å². The molecule has 0 aromatic heterocycles. The lowest BCUT2D eigenvalue weighted by molar-refractivity contribution is 0.0210. The maximum Gasteiger partial charge on any atom is 0.0576 e. The zero-order chi connectivity index (χ0) is 16.9. The third-order valence-electron chi connectivity index (χ3n) is 4.70. The molecule has 0 bridgehead atoms. The Labute approximate surface area is 176 Å². The van der Waals surface area contributed by atoms with Gasteiger partial charge in [-0.05, 0) is 61.3 Å². The normalized spacial score (nSPS) is 16.9. The first-order valence-corrected chi connectivity index (χ1v) is 10.5. The molecule has 7 heteroatoms. The summed E-state index contributed by atoms with van der Waals surface area (Å²) in [6.45, 7) is 3.22. The van der Waals surface area contributed by atoms with Gasteiger partial charge in [-0.3, -0.25) is 23.5 Å². The van der Waals surface area contributed by atoms with E-state index in [4.69, 9.17) is 4.74 Å². The largest absolute Gasteiger partial charge is 0.378 e. The minimum atomic E-state index is 0. The van der Waals surface area contributed by atoms with Crippen molar-refractivity contribution in [2.75, 3.05) is 6.61 Å². The van der Waals surface area contributed by atoms with Crippen LogP contribution < -0.4 is 0 Å². The van der Waals surface area contributed by atoms with Gasteiger partial charge in [-0.1, -0.05) is 63.1 Å². The van der Waals surface area contributed by atoms with E-state index >= 15 is 0 Å². The van der Waals surface area contributed by atoms with E-state index in [-0.39, 0.29) is 23.5 Å². The third-order valence-corrected chi connectivity index (χ3v) is 5.43. The number of ether oxygens (including phenoxy) is 1. The van der Waals surface area contributed by atoms with E-state index in [1.54, 1.807) is 11.8 Å². The zero-order valence-corrected chi connectivity index (χ0v) is 18.0. The summed E-state index contributed by atoms with van der Waals surface area (Å²) in [5.74, 6) is 4.01. The summed E-state index contributed by atoms with van der Waals surface area (Å²) >= 11 is 1.65. The maximum atomic E-state index is 6.06. The van der Waals surface area contributed by atoms with Crippen molar-refractivity contribution in [1.82, 2.24) is 0 Å². The summed E-state index contributed by atoms with van der Waals surface area (Å²) < 4.78 is 6.06. The van der Waals surface area contributed by atoms with Crippen molar-refractivity contribution >= 4 is 11.8 Å². The summed E-state index contributed by atoms with van der Waals surface area (Å²) in [7, 11) is 0. The van der Waals surface area contributed by atoms with Gasteiger partial charge in [0.1, 0.15) is 0 Å². The molecule has 1 aromatic rings. The van der Waals surface area contributed by atoms with Crippen molar-refractivity contribution < 1.29 is 28.3 Å². The fourth-order valence-corrected chi connectivity index (χ4v) is 3.80. The first-order chi connectivity index (χ1) is 11.9. The molecule has 172 valence electrons. The molecule has 1 aromatic carbocycles. The van der Waals surface area contributed by atoms with Gasteiger partial charge >= 0.3 is 0 Å². The second kappa shape index (κ2) is 23.0. The number of rotatable bonds is 9. The Morgan fingerprint density at radius 1 is 0.828 bits per heavy atom. The summed E-state index contributed by atoms with van der Waals surface area (Å²) in [6.07, 6.45) is 13.3. The topological polar surface area (TPSA) is 9.23 Å². The van der Waals surface area contributed by atoms with E-state index in [9.17, 15) is 0 Å². The first-order valence-electron chi connectivity index (χ1n) is 9.72. The van der Waals surface area contributed by atoms with Crippen LogP contribution in [0.4, 0.5) is 23.5 Å². The molecule has 2 rings (SSSR count). The summed E-state index contributed by atoms with van der Waals surface area (Å²) in [4.78, 5) is 1.24. The van der Waals surface area contributed by atoms with Crippen LogP contribution in [0.3, 0.4) is 0 Å². The summed E-state index contributed by atoms with van der Waals surface area (Å²) in [5.41, 5.74) is 0. The number of hydrogen-bond donors (Lipinski definition) is 0. The second-order valence-corrected chi connectivity index (χ2v) is 7.65. The van der Waals surface area contributed by atoms with Crippen LogP contribution in [0.1, 0.15) is 71.1 Å². The Hall–Kier alpha value is -1.26. The highest BCUT2D eigenvalue weighted by atomic mass is 32.2. The van der Waals surface area contributed by atoms with E-state index < -0.39 is 0 Å². The smallest absolute Gasteiger partial charge is 0.0576 e. The van der Waals surface area contributed by atoms with E-state index in [0.717, 1.165) is 6.61 Å². The van der Waals surface area contributed by atoms with Gasteiger partial charge in [0.15, 0.2) is 0 Å². The van der Waals surface area contributed by atoms with Crippen LogP contribution in [0, 0.1) is 17.1 Å². The molecule has 0 atom stereocenters. The second-order valence-electron chi connectivity index (χ2n) is 6.77. The van der Waals surface area contributed by atoms with Gasteiger partial charge in [0.05, 0.1) is 6.10 Å². The minimum Gasteiger partial charge on any atom is -0.378 e. The van der Waals surface area contributed by atoms with Crippen molar-refractivity contribution in [3.05, 3.63) is 30.3 Å². The molecule has 0 N–H and O–H groups in total. The van der Waals surface area contributed by atoms with E-state index in [2.05, 4.69) is 42.4 Å². The van der Waals surface area contributed by atoms with Crippen LogP contribution in [0.15, 0.2) is 35.2 Å². The highest BCUT2D eigenvalue weighted by Gasteiger charge is 2.20. The Kier molecular flexibility index (Phi) is 27.9. The Morgan fingerprint density at radius 3 is 2.03 bits per heavy atom. The molecule has 0 radical (unpaired) electrons. The maximum absolute atomic E-state index is 6.06. The minimum absolute atomic E-state index is 0. The van der Waals surface area contributed by atoms with Gasteiger partial charge < -0.3 is 4.74 Å². The number of halogens is 5. The number of unbranched alkanes of at least 4 members (excludes halogenated alkanes) is 5. The van der Waals surface area contributed by atoms with Crippen molar-refractivity contribution in [3.8, 4) is 11.2 Å². The fourth-order valence-electron chi connectivity index (χ4n) is 3.17. The van der Waals surface area contributed by atoms with Crippen LogP contribution >= 0.6 is 11.8 Å². The molecule has 1 saturated carbocycles. The molecule has 0 spiro atoms. The highest BCUT2D eigenvalue weighted by Crippen LogP contribution is 2.26. The van der Waals surface area contributed by atoms with Crippen LogP contribution in [-0.2, 0) is 4.74 Å². The van der Waals surface area contributed by atoms with Crippen molar-refractivity contribution in [2.24, 2.45) is 5.92 Å². The Morgan fingerprint density at radius 2 is 1.41 bits per heavy atom. The van der Waals surface area contributed by atoms with Gasteiger partial charge in [-0.15, -0.1) is 0 Å². The Bertz CT molecular complexity index is 499. The summed E-state index contributed by atoms with van der Waals surface area (Å²) in [6, 6.07) is 10.4. The van der Waals surface area contributed by atoms with E-state index in [0.29, 0.717) is 12.0 Å². The van der Waals surface area contributed by atoms with Crippen LogP contribution in [0.25, 0.3) is 0 Å². The molecule has 0 aliphatic heterocycles. The molecule has 29 heavy (non-hydrogen) atoms. The lowest BCUT2D eigenvalue weighted by atomic mass is 9.88. The molecule has 1 nitrogen and oxygen atoms in total. The van der Waals surface area contributed by atoms with Crippen LogP contribution in [0.5, 0.6) is 0 Å². The van der Waals surface area contributed by atoms with Gasteiger partial charge in [0, 0.05) is 17.4 Å². The molecular formula is C22H37F5OS. The van der Waals surface area contributed by atoms with E-state index in [1.807, 2.05) is 6.07 Å². The first kappa shape index (κ1) is 35.2. The average molecular weight is 445 g/mol.